The molecule has 0 atom stereocenters. The van der Waals surface area contributed by atoms with Crippen LogP contribution in [0.1, 0.15) is 0 Å². The highest BCUT2D eigenvalue weighted by molar-refractivity contribution is 5.85. The molecule has 0 saturated heterocycles. The van der Waals surface area contributed by atoms with E-state index >= 15 is 0 Å². The molecule has 0 bridgehead atoms. The molecule has 0 saturated carbocycles. The Hall–Kier alpha value is -1.94. The van der Waals surface area contributed by atoms with E-state index in [1.807, 2.05) is 36.4 Å². The van der Waals surface area contributed by atoms with E-state index in [9.17, 15) is 0 Å². The van der Waals surface area contributed by atoms with Crippen molar-refractivity contribution < 1.29 is 37.9 Å². The van der Waals surface area contributed by atoms with E-state index in [0.29, 0.717) is 79.3 Å². The summed E-state index contributed by atoms with van der Waals surface area (Å²) < 4.78 is 43.1. The number of fused-ring (bicyclic) bond motifs is 1. The van der Waals surface area contributed by atoms with Gasteiger partial charge < -0.3 is 37.9 Å². The smallest absolute Gasteiger partial charge is 0.120 e. The van der Waals surface area contributed by atoms with E-state index in [1.165, 1.54) is 0 Å². The van der Waals surface area contributed by atoms with Gasteiger partial charge in [0.1, 0.15) is 24.7 Å². The average Bonchev–Trinajstić information content (AvgIpc) is 2.81. The van der Waals surface area contributed by atoms with Gasteiger partial charge in [-0.2, -0.15) is 0 Å². The third-order valence-electron chi connectivity index (χ3n) is 4.38. The SMILES string of the molecule is COCCOCCOCCOc1ccc2ccc(OCCOCCOCCOC)cc2c1. The number of benzene rings is 2. The number of rotatable bonds is 20. The van der Waals surface area contributed by atoms with Crippen molar-refractivity contribution in [2.45, 2.75) is 0 Å². The molecule has 0 amide bonds. The Kier molecular flexibility index (Phi) is 14.5. The summed E-state index contributed by atoms with van der Waals surface area (Å²) in [4.78, 5) is 0. The first-order chi connectivity index (χ1) is 15.8. The summed E-state index contributed by atoms with van der Waals surface area (Å²) in [6.45, 7) is 6.49. The largest absolute Gasteiger partial charge is 0.491 e. The summed E-state index contributed by atoms with van der Waals surface area (Å²) in [5.41, 5.74) is 0. The van der Waals surface area contributed by atoms with Gasteiger partial charge in [-0.15, -0.1) is 0 Å². The van der Waals surface area contributed by atoms with E-state index in [1.54, 1.807) is 14.2 Å². The molecule has 2 aromatic carbocycles. The molecular formula is C24H36O8. The van der Waals surface area contributed by atoms with Gasteiger partial charge in [-0.25, -0.2) is 0 Å². The van der Waals surface area contributed by atoms with Crippen molar-refractivity contribution in [1.29, 1.82) is 0 Å². The van der Waals surface area contributed by atoms with E-state index in [4.69, 9.17) is 37.9 Å². The molecule has 0 unspecified atom stereocenters. The summed E-state index contributed by atoms with van der Waals surface area (Å²) >= 11 is 0. The molecule has 0 heterocycles. The maximum Gasteiger partial charge on any atom is 0.120 e. The molecule has 0 radical (unpaired) electrons. The first kappa shape index (κ1) is 26.3. The van der Waals surface area contributed by atoms with Crippen molar-refractivity contribution in [1.82, 2.24) is 0 Å². The zero-order valence-electron chi connectivity index (χ0n) is 19.2. The van der Waals surface area contributed by atoms with Gasteiger partial charge in [-0.05, 0) is 35.0 Å². The number of hydrogen-bond donors (Lipinski definition) is 0. The molecule has 8 heteroatoms. The zero-order valence-corrected chi connectivity index (χ0v) is 19.2. The van der Waals surface area contributed by atoms with E-state index in [2.05, 4.69) is 0 Å². The minimum absolute atomic E-state index is 0.478. The third-order valence-corrected chi connectivity index (χ3v) is 4.38. The van der Waals surface area contributed by atoms with Crippen LogP contribution in [0.2, 0.25) is 0 Å². The van der Waals surface area contributed by atoms with Gasteiger partial charge in [0.05, 0.1) is 66.1 Å². The van der Waals surface area contributed by atoms with E-state index in [0.717, 1.165) is 22.3 Å². The molecule has 0 aliphatic rings. The Morgan fingerprint density at radius 1 is 0.438 bits per heavy atom. The molecule has 0 aliphatic heterocycles. The normalized spacial score (nSPS) is 11.2. The van der Waals surface area contributed by atoms with Crippen LogP contribution >= 0.6 is 0 Å². The molecule has 0 N–H and O–H groups in total. The van der Waals surface area contributed by atoms with Crippen LogP contribution in [0.5, 0.6) is 11.5 Å². The van der Waals surface area contributed by atoms with E-state index < -0.39 is 0 Å². The second-order valence-corrected chi connectivity index (χ2v) is 6.80. The Bertz CT molecular complexity index is 667. The Balaban J connectivity index is 1.62. The van der Waals surface area contributed by atoms with Crippen molar-refractivity contribution in [2.75, 3.05) is 93.5 Å². The van der Waals surface area contributed by atoms with Crippen LogP contribution in [0.15, 0.2) is 36.4 Å². The molecular weight excluding hydrogens is 416 g/mol. The number of methoxy groups -OCH3 is 2. The van der Waals surface area contributed by atoms with Crippen molar-refractivity contribution in [3.05, 3.63) is 36.4 Å². The Labute approximate surface area is 190 Å². The van der Waals surface area contributed by atoms with Crippen LogP contribution < -0.4 is 9.47 Å². The molecule has 0 aliphatic carbocycles. The first-order valence-electron chi connectivity index (χ1n) is 10.9. The predicted octanol–water partition coefficient (Wildman–Crippen LogP) is 2.96. The first-order valence-corrected chi connectivity index (χ1v) is 10.9. The molecule has 180 valence electrons. The van der Waals surface area contributed by atoms with Crippen LogP contribution in [0.4, 0.5) is 0 Å². The second-order valence-electron chi connectivity index (χ2n) is 6.80. The maximum absolute atomic E-state index is 5.79. The van der Waals surface area contributed by atoms with Crippen LogP contribution in [0.25, 0.3) is 10.8 Å². The standard InChI is InChI=1S/C24H36O8/c1-25-7-9-27-11-13-29-15-17-31-23-5-3-21-4-6-24(20-22(21)19-23)32-18-16-30-14-12-28-10-8-26-2/h3-6,19-20H,7-18H2,1-2H3. The van der Waals surface area contributed by atoms with Gasteiger partial charge in [-0.3, -0.25) is 0 Å². The van der Waals surface area contributed by atoms with Gasteiger partial charge in [0, 0.05) is 14.2 Å². The summed E-state index contributed by atoms with van der Waals surface area (Å²) in [6.07, 6.45) is 0. The molecule has 2 aromatic rings. The van der Waals surface area contributed by atoms with Crippen molar-refractivity contribution in [2.24, 2.45) is 0 Å². The van der Waals surface area contributed by atoms with Crippen molar-refractivity contribution >= 4 is 10.8 Å². The highest BCUT2D eigenvalue weighted by Gasteiger charge is 2.02. The molecule has 0 fully saturated rings. The van der Waals surface area contributed by atoms with Crippen LogP contribution in [-0.2, 0) is 28.4 Å². The van der Waals surface area contributed by atoms with Gasteiger partial charge in [-0.1, -0.05) is 12.1 Å². The lowest BCUT2D eigenvalue weighted by molar-refractivity contribution is 0.0179. The molecule has 2 rings (SSSR count). The number of ether oxygens (including phenoxy) is 8. The lowest BCUT2D eigenvalue weighted by Gasteiger charge is -2.10. The fourth-order valence-electron chi connectivity index (χ4n) is 2.75. The molecule has 32 heavy (non-hydrogen) atoms. The van der Waals surface area contributed by atoms with Gasteiger partial charge >= 0.3 is 0 Å². The van der Waals surface area contributed by atoms with Gasteiger partial charge in [0.25, 0.3) is 0 Å². The molecule has 0 spiro atoms. The number of hydrogen-bond acceptors (Lipinski definition) is 8. The monoisotopic (exact) mass is 452 g/mol. The molecule has 8 nitrogen and oxygen atoms in total. The Morgan fingerprint density at radius 3 is 1.22 bits per heavy atom. The third kappa shape index (κ3) is 11.6. The lowest BCUT2D eigenvalue weighted by atomic mass is 10.1. The minimum Gasteiger partial charge on any atom is -0.491 e. The van der Waals surface area contributed by atoms with Gasteiger partial charge in [0.15, 0.2) is 0 Å². The van der Waals surface area contributed by atoms with Crippen LogP contribution in [0.3, 0.4) is 0 Å². The fraction of sp³-hybridized carbons (Fsp3) is 0.583. The summed E-state index contributed by atoms with van der Waals surface area (Å²) in [7, 11) is 3.30. The van der Waals surface area contributed by atoms with Gasteiger partial charge in [0.2, 0.25) is 0 Å². The maximum atomic E-state index is 5.79. The predicted molar refractivity (Wildman–Crippen MR) is 122 cm³/mol. The van der Waals surface area contributed by atoms with Crippen LogP contribution in [-0.4, -0.2) is 93.5 Å². The van der Waals surface area contributed by atoms with Crippen molar-refractivity contribution in [3.8, 4) is 11.5 Å². The second kappa shape index (κ2) is 17.6. The fourth-order valence-corrected chi connectivity index (χ4v) is 2.75. The average molecular weight is 453 g/mol. The summed E-state index contributed by atoms with van der Waals surface area (Å²) in [5, 5.41) is 2.18. The zero-order chi connectivity index (χ0) is 22.7. The minimum atomic E-state index is 0.478. The topological polar surface area (TPSA) is 73.8 Å². The summed E-state index contributed by atoms with van der Waals surface area (Å²) in [5.74, 6) is 1.60. The van der Waals surface area contributed by atoms with E-state index in [-0.39, 0.29) is 0 Å². The highest BCUT2D eigenvalue weighted by Crippen LogP contribution is 2.25. The highest BCUT2D eigenvalue weighted by atomic mass is 16.6. The Morgan fingerprint density at radius 2 is 0.812 bits per heavy atom. The quantitative estimate of drug-likeness (QED) is 0.284. The summed E-state index contributed by atoms with van der Waals surface area (Å²) in [6, 6.07) is 12.0. The molecule has 0 aromatic heterocycles. The van der Waals surface area contributed by atoms with Crippen LogP contribution in [0, 0.1) is 0 Å². The van der Waals surface area contributed by atoms with Crippen molar-refractivity contribution in [3.63, 3.8) is 0 Å². The lowest BCUT2D eigenvalue weighted by Crippen LogP contribution is -2.12.